The first kappa shape index (κ1) is 14.3. The summed E-state index contributed by atoms with van der Waals surface area (Å²) < 4.78 is 18.7. The zero-order valence-electron chi connectivity index (χ0n) is 10.8. The summed E-state index contributed by atoms with van der Waals surface area (Å²) in [6.07, 6.45) is 0. The molecule has 0 fully saturated rings. The van der Waals surface area contributed by atoms with E-state index in [1.54, 1.807) is 6.92 Å². The third-order valence-corrected chi connectivity index (χ3v) is 2.43. The molecule has 0 aliphatic rings. The van der Waals surface area contributed by atoms with E-state index in [-0.39, 0.29) is 23.3 Å². The van der Waals surface area contributed by atoms with Crippen LogP contribution in [0, 0.1) is 28.3 Å². The molecule has 0 unspecified atom stereocenters. The zero-order valence-corrected chi connectivity index (χ0v) is 10.8. The minimum Gasteiger partial charge on any atom is -0.424 e. The zero-order chi connectivity index (χ0) is 15.6. The molecule has 3 N–H and O–H groups in total. The van der Waals surface area contributed by atoms with Gasteiger partial charge in [-0.2, -0.15) is 9.37 Å². The molecule has 0 bridgehead atoms. The van der Waals surface area contributed by atoms with E-state index in [2.05, 4.69) is 9.97 Å². The number of hydrogen-bond donors (Lipinski definition) is 2. The third-order valence-electron chi connectivity index (χ3n) is 2.43. The number of nitrogens with zero attached hydrogens (tertiary/aromatic N) is 3. The first-order valence-electron chi connectivity index (χ1n) is 5.68. The van der Waals surface area contributed by atoms with Gasteiger partial charge in [-0.05, 0) is 19.1 Å². The van der Waals surface area contributed by atoms with Crippen molar-refractivity contribution in [1.29, 1.82) is 5.41 Å². The molecule has 0 aliphatic heterocycles. The molecule has 108 valence electrons. The fourth-order valence-electron chi connectivity index (χ4n) is 1.53. The predicted molar refractivity (Wildman–Crippen MR) is 70.9 cm³/mol. The van der Waals surface area contributed by atoms with Crippen molar-refractivity contribution in [1.82, 2.24) is 9.97 Å². The lowest BCUT2D eigenvalue weighted by atomic mass is 10.3. The number of ether oxygens (including phenoxy) is 1. The lowest BCUT2D eigenvalue weighted by Crippen LogP contribution is -2.14. The molecular formula is C12H10FN5O3. The van der Waals surface area contributed by atoms with Crippen LogP contribution in [0.3, 0.4) is 0 Å². The second-order valence-corrected chi connectivity index (χ2v) is 4.06. The lowest BCUT2D eigenvalue weighted by molar-refractivity contribution is -0.387. The maximum atomic E-state index is 13.5. The van der Waals surface area contributed by atoms with E-state index in [1.165, 1.54) is 12.1 Å². The molecule has 9 heteroatoms. The van der Waals surface area contributed by atoms with Crippen molar-refractivity contribution in [2.75, 3.05) is 0 Å². The standard InChI is InChI=1S/C12H10FN5O3/c1-6-4-9(11(14)15)17-12(16-6)21-7-2-3-10(18(19)20)8(13)5-7/h2-5H,1H3,(H3,14,15). The molecule has 1 heterocycles. The number of nitro groups is 1. The number of nitrogen functional groups attached to an aromatic ring is 1. The normalized spacial score (nSPS) is 10.2. The van der Waals surface area contributed by atoms with Gasteiger partial charge in [0.25, 0.3) is 0 Å². The van der Waals surface area contributed by atoms with Crippen molar-refractivity contribution >= 4 is 11.5 Å². The van der Waals surface area contributed by atoms with Crippen LogP contribution in [-0.4, -0.2) is 20.7 Å². The summed E-state index contributed by atoms with van der Waals surface area (Å²) in [6, 6.07) is 4.42. The van der Waals surface area contributed by atoms with Crippen molar-refractivity contribution in [3.8, 4) is 11.8 Å². The van der Waals surface area contributed by atoms with Gasteiger partial charge in [0.1, 0.15) is 17.3 Å². The van der Waals surface area contributed by atoms with Gasteiger partial charge >= 0.3 is 11.7 Å². The maximum Gasteiger partial charge on any atom is 0.322 e. The topological polar surface area (TPSA) is 128 Å². The van der Waals surface area contributed by atoms with Crippen molar-refractivity contribution < 1.29 is 14.1 Å². The Kier molecular flexibility index (Phi) is 3.74. The minimum atomic E-state index is -1.03. The van der Waals surface area contributed by atoms with E-state index >= 15 is 0 Å². The Hall–Kier alpha value is -3.10. The van der Waals surface area contributed by atoms with Gasteiger partial charge in [-0.3, -0.25) is 15.5 Å². The number of benzene rings is 1. The summed E-state index contributed by atoms with van der Waals surface area (Å²) in [5, 5.41) is 17.8. The summed E-state index contributed by atoms with van der Waals surface area (Å²) in [5.41, 5.74) is 5.34. The first-order chi connectivity index (χ1) is 9.86. The molecule has 2 aromatic rings. The van der Waals surface area contributed by atoms with Crippen LogP contribution in [0.5, 0.6) is 11.8 Å². The number of amidine groups is 1. The minimum absolute atomic E-state index is 0.00166. The predicted octanol–water partition coefficient (Wildman–Crippen LogP) is 1.91. The quantitative estimate of drug-likeness (QED) is 0.383. The van der Waals surface area contributed by atoms with Crippen molar-refractivity contribution in [3.05, 3.63) is 51.6 Å². The van der Waals surface area contributed by atoms with Gasteiger partial charge in [0.2, 0.25) is 5.82 Å². The van der Waals surface area contributed by atoms with E-state index < -0.39 is 16.4 Å². The number of rotatable bonds is 4. The molecule has 2 rings (SSSR count). The van der Waals surface area contributed by atoms with Crippen LogP contribution in [0.2, 0.25) is 0 Å². The lowest BCUT2D eigenvalue weighted by Gasteiger charge is -2.06. The van der Waals surface area contributed by atoms with Crippen LogP contribution in [0.4, 0.5) is 10.1 Å². The highest BCUT2D eigenvalue weighted by atomic mass is 19.1. The highest BCUT2D eigenvalue weighted by molar-refractivity contribution is 5.93. The fourth-order valence-corrected chi connectivity index (χ4v) is 1.53. The molecule has 0 aliphatic carbocycles. The average molecular weight is 291 g/mol. The van der Waals surface area contributed by atoms with Gasteiger partial charge < -0.3 is 10.5 Å². The van der Waals surface area contributed by atoms with Crippen LogP contribution in [0.25, 0.3) is 0 Å². The Balaban J connectivity index is 2.32. The number of halogens is 1. The van der Waals surface area contributed by atoms with Crippen molar-refractivity contribution in [2.24, 2.45) is 5.73 Å². The van der Waals surface area contributed by atoms with Gasteiger partial charge in [0, 0.05) is 17.8 Å². The van der Waals surface area contributed by atoms with E-state index in [4.69, 9.17) is 15.9 Å². The van der Waals surface area contributed by atoms with Gasteiger partial charge in [-0.1, -0.05) is 0 Å². The summed E-state index contributed by atoms with van der Waals surface area (Å²) in [6.45, 7) is 1.65. The Morgan fingerprint density at radius 2 is 2.14 bits per heavy atom. The molecule has 0 spiro atoms. The molecule has 0 saturated heterocycles. The van der Waals surface area contributed by atoms with Gasteiger partial charge in [-0.25, -0.2) is 4.98 Å². The summed E-state index contributed by atoms with van der Waals surface area (Å²) in [4.78, 5) is 17.5. The van der Waals surface area contributed by atoms with Crippen LogP contribution in [0.15, 0.2) is 24.3 Å². The maximum absolute atomic E-state index is 13.5. The Labute approximate surface area is 118 Å². The Morgan fingerprint density at radius 3 is 2.71 bits per heavy atom. The summed E-state index contributed by atoms with van der Waals surface area (Å²) in [5.74, 6) is -1.30. The number of hydrogen-bond acceptors (Lipinski definition) is 6. The molecule has 8 nitrogen and oxygen atoms in total. The van der Waals surface area contributed by atoms with Crippen LogP contribution < -0.4 is 10.5 Å². The monoisotopic (exact) mass is 291 g/mol. The Bertz CT molecular complexity index is 735. The SMILES string of the molecule is Cc1cc(C(=N)N)nc(Oc2ccc([N+](=O)[O-])c(F)c2)n1. The molecule has 0 radical (unpaired) electrons. The van der Waals surface area contributed by atoms with Crippen molar-refractivity contribution in [2.45, 2.75) is 6.92 Å². The van der Waals surface area contributed by atoms with Gasteiger partial charge in [0.05, 0.1) is 4.92 Å². The summed E-state index contributed by atoms with van der Waals surface area (Å²) >= 11 is 0. The van der Waals surface area contributed by atoms with E-state index in [0.29, 0.717) is 5.69 Å². The highest BCUT2D eigenvalue weighted by Gasteiger charge is 2.15. The Morgan fingerprint density at radius 1 is 1.43 bits per heavy atom. The average Bonchev–Trinajstić information content (AvgIpc) is 2.37. The fraction of sp³-hybridized carbons (Fsp3) is 0.0833. The molecular weight excluding hydrogens is 281 g/mol. The smallest absolute Gasteiger partial charge is 0.322 e. The first-order valence-corrected chi connectivity index (χ1v) is 5.68. The van der Waals surface area contributed by atoms with E-state index in [0.717, 1.165) is 12.1 Å². The van der Waals surface area contributed by atoms with Crippen LogP contribution in [-0.2, 0) is 0 Å². The number of nitrogens with one attached hydrogen (secondary N) is 1. The molecule has 1 aromatic heterocycles. The molecule has 0 amide bonds. The van der Waals surface area contributed by atoms with Gasteiger partial charge in [0.15, 0.2) is 0 Å². The molecule has 21 heavy (non-hydrogen) atoms. The molecule has 1 aromatic carbocycles. The van der Waals surface area contributed by atoms with E-state index in [9.17, 15) is 14.5 Å². The number of nitrogens with two attached hydrogens (primary N) is 1. The van der Waals surface area contributed by atoms with Gasteiger partial charge in [-0.15, -0.1) is 0 Å². The van der Waals surface area contributed by atoms with Crippen molar-refractivity contribution in [3.63, 3.8) is 0 Å². The summed E-state index contributed by atoms with van der Waals surface area (Å²) in [7, 11) is 0. The molecule has 0 atom stereocenters. The molecule has 0 saturated carbocycles. The van der Waals surface area contributed by atoms with E-state index in [1.807, 2.05) is 0 Å². The number of aryl methyl sites for hydroxylation is 1. The van der Waals surface area contributed by atoms with Crippen LogP contribution >= 0.6 is 0 Å². The van der Waals surface area contributed by atoms with Crippen LogP contribution in [0.1, 0.15) is 11.4 Å². The number of nitro benzene ring substituents is 1. The third kappa shape index (κ3) is 3.26. The largest absolute Gasteiger partial charge is 0.424 e. The number of aromatic nitrogens is 2. The second-order valence-electron chi connectivity index (χ2n) is 4.06. The highest BCUT2D eigenvalue weighted by Crippen LogP contribution is 2.25. The second kappa shape index (κ2) is 5.49.